The number of benzene rings is 1. The number of rotatable bonds is 3. The van der Waals surface area contributed by atoms with E-state index in [9.17, 15) is 23.1 Å². The molecule has 1 unspecified atom stereocenters. The van der Waals surface area contributed by atoms with Crippen molar-refractivity contribution in [1.82, 2.24) is 4.31 Å². The zero-order valence-electron chi connectivity index (χ0n) is 14.1. The van der Waals surface area contributed by atoms with Crippen molar-refractivity contribution in [2.24, 2.45) is 5.92 Å². The number of aliphatic carboxylic acids is 1. The second kappa shape index (κ2) is 6.76. The number of amides is 1. The van der Waals surface area contributed by atoms with Crippen LogP contribution in [-0.4, -0.2) is 49.3 Å². The van der Waals surface area contributed by atoms with E-state index in [-0.39, 0.29) is 17.3 Å². The summed E-state index contributed by atoms with van der Waals surface area (Å²) >= 11 is 0. The van der Waals surface area contributed by atoms with Crippen LogP contribution in [0.3, 0.4) is 0 Å². The highest BCUT2D eigenvalue weighted by atomic mass is 32.2. The number of carboxylic acid groups (broad SMARTS) is 1. The lowest BCUT2D eigenvalue weighted by Crippen LogP contribution is -2.42. The van der Waals surface area contributed by atoms with Gasteiger partial charge in [0.05, 0.1) is 10.8 Å². The molecular weight excluding hydrogens is 344 g/mol. The Labute approximate surface area is 147 Å². The number of hydrogen-bond donors (Lipinski definition) is 1. The Bertz CT molecular complexity index is 805. The van der Waals surface area contributed by atoms with E-state index in [1.165, 1.54) is 17.3 Å². The average Bonchev–Trinajstić information content (AvgIpc) is 2.60. The van der Waals surface area contributed by atoms with Gasteiger partial charge in [0.15, 0.2) is 0 Å². The second-order valence-corrected chi connectivity index (χ2v) is 8.54. The third-order valence-corrected chi connectivity index (χ3v) is 6.78. The molecule has 136 valence electrons. The van der Waals surface area contributed by atoms with E-state index in [1.807, 2.05) is 0 Å². The molecule has 0 saturated carbocycles. The van der Waals surface area contributed by atoms with Gasteiger partial charge >= 0.3 is 5.97 Å². The SMILES string of the molecule is CC(=O)N1CCCc2cc(S(=O)(=O)N3CCCC(C(=O)O)C3)ccc21. The molecule has 1 amide bonds. The predicted molar refractivity (Wildman–Crippen MR) is 91.9 cm³/mol. The minimum absolute atomic E-state index is 0.00826. The van der Waals surface area contributed by atoms with E-state index < -0.39 is 21.9 Å². The van der Waals surface area contributed by atoms with Crippen molar-refractivity contribution in [2.75, 3.05) is 24.5 Å². The summed E-state index contributed by atoms with van der Waals surface area (Å²) in [5, 5.41) is 9.17. The summed E-state index contributed by atoms with van der Waals surface area (Å²) in [7, 11) is -3.73. The zero-order chi connectivity index (χ0) is 18.2. The van der Waals surface area contributed by atoms with Crippen LogP contribution in [0, 0.1) is 5.92 Å². The fourth-order valence-electron chi connectivity index (χ4n) is 3.57. The molecule has 1 saturated heterocycles. The molecule has 7 nitrogen and oxygen atoms in total. The molecule has 1 N–H and O–H groups in total. The Morgan fingerprint density at radius 1 is 1.20 bits per heavy atom. The Morgan fingerprint density at radius 3 is 2.64 bits per heavy atom. The number of carbonyl (C=O) groups excluding carboxylic acids is 1. The van der Waals surface area contributed by atoms with E-state index in [0.29, 0.717) is 25.9 Å². The Balaban J connectivity index is 1.91. The van der Waals surface area contributed by atoms with Gasteiger partial charge in [-0.2, -0.15) is 4.31 Å². The first kappa shape index (κ1) is 17.9. The van der Waals surface area contributed by atoms with Gasteiger partial charge in [-0.05, 0) is 49.4 Å². The molecule has 8 heteroatoms. The molecular formula is C17H22N2O5S. The summed E-state index contributed by atoms with van der Waals surface area (Å²) in [6, 6.07) is 4.82. The predicted octanol–water partition coefficient (Wildman–Crippen LogP) is 1.47. The van der Waals surface area contributed by atoms with Gasteiger partial charge < -0.3 is 10.0 Å². The van der Waals surface area contributed by atoms with E-state index in [2.05, 4.69) is 0 Å². The Hall–Kier alpha value is -1.93. The van der Waals surface area contributed by atoms with Gasteiger partial charge in [-0.3, -0.25) is 9.59 Å². The molecule has 0 spiro atoms. The van der Waals surface area contributed by atoms with E-state index in [0.717, 1.165) is 24.1 Å². The molecule has 1 aromatic carbocycles. The number of sulfonamides is 1. The van der Waals surface area contributed by atoms with Crippen LogP contribution < -0.4 is 4.90 Å². The maximum Gasteiger partial charge on any atom is 0.307 e. The van der Waals surface area contributed by atoms with Crippen LogP contribution in [0.5, 0.6) is 0 Å². The molecule has 1 aromatic rings. The van der Waals surface area contributed by atoms with Crippen molar-refractivity contribution in [3.63, 3.8) is 0 Å². The number of anilines is 1. The van der Waals surface area contributed by atoms with Gasteiger partial charge in [-0.25, -0.2) is 8.42 Å². The van der Waals surface area contributed by atoms with E-state index in [1.54, 1.807) is 17.0 Å². The van der Waals surface area contributed by atoms with E-state index >= 15 is 0 Å². The van der Waals surface area contributed by atoms with Crippen molar-refractivity contribution in [2.45, 2.75) is 37.5 Å². The van der Waals surface area contributed by atoms with Crippen LogP contribution in [0.2, 0.25) is 0 Å². The summed E-state index contributed by atoms with van der Waals surface area (Å²) in [6.07, 6.45) is 2.56. The summed E-state index contributed by atoms with van der Waals surface area (Å²) in [5.41, 5.74) is 1.61. The summed E-state index contributed by atoms with van der Waals surface area (Å²) < 4.78 is 27.1. The largest absolute Gasteiger partial charge is 0.481 e. The monoisotopic (exact) mass is 366 g/mol. The first-order valence-electron chi connectivity index (χ1n) is 8.44. The van der Waals surface area contributed by atoms with Crippen molar-refractivity contribution in [3.05, 3.63) is 23.8 Å². The number of carbonyl (C=O) groups is 2. The number of fused-ring (bicyclic) bond motifs is 1. The van der Waals surface area contributed by atoms with Crippen LogP contribution in [0.4, 0.5) is 5.69 Å². The molecule has 0 aliphatic carbocycles. The van der Waals surface area contributed by atoms with Gasteiger partial charge in [0.25, 0.3) is 0 Å². The number of aryl methyl sites for hydroxylation is 1. The van der Waals surface area contributed by atoms with Gasteiger partial charge in [-0.15, -0.1) is 0 Å². The van der Waals surface area contributed by atoms with Gasteiger partial charge in [0, 0.05) is 32.2 Å². The number of piperidine rings is 1. The lowest BCUT2D eigenvalue weighted by Gasteiger charge is -2.31. The zero-order valence-corrected chi connectivity index (χ0v) is 15.0. The second-order valence-electron chi connectivity index (χ2n) is 6.61. The van der Waals surface area contributed by atoms with E-state index in [4.69, 9.17) is 0 Å². The quantitative estimate of drug-likeness (QED) is 0.874. The minimum Gasteiger partial charge on any atom is -0.481 e. The molecule has 2 aliphatic heterocycles. The highest BCUT2D eigenvalue weighted by molar-refractivity contribution is 7.89. The van der Waals surface area contributed by atoms with Gasteiger partial charge in [0.1, 0.15) is 0 Å². The third-order valence-electron chi connectivity index (χ3n) is 4.92. The Kier molecular flexibility index (Phi) is 4.83. The first-order chi connectivity index (χ1) is 11.8. The molecule has 25 heavy (non-hydrogen) atoms. The van der Waals surface area contributed by atoms with Crippen LogP contribution >= 0.6 is 0 Å². The van der Waals surface area contributed by atoms with Crippen molar-refractivity contribution >= 4 is 27.6 Å². The fraction of sp³-hybridized carbons (Fsp3) is 0.529. The number of nitrogens with zero attached hydrogens (tertiary/aromatic N) is 2. The third kappa shape index (κ3) is 3.41. The average molecular weight is 366 g/mol. The lowest BCUT2D eigenvalue weighted by atomic mass is 10.0. The molecule has 2 aliphatic rings. The van der Waals surface area contributed by atoms with Crippen molar-refractivity contribution < 1.29 is 23.1 Å². The van der Waals surface area contributed by atoms with Crippen LogP contribution in [-0.2, 0) is 26.0 Å². The van der Waals surface area contributed by atoms with Crippen molar-refractivity contribution in [1.29, 1.82) is 0 Å². The molecule has 1 fully saturated rings. The summed E-state index contributed by atoms with van der Waals surface area (Å²) in [6.45, 7) is 2.48. The summed E-state index contributed by atoms with van der Waals surface area (Å²) in [4.78, 5) is 24.8. The molecule has 2 heterocycles. The topological polar surface area (TPSA) is 95.0 Å². The van der Waals surface area contributed by atoms with Crippen LogP contribution in [0.15, 0.2) is 23.1 Å². The number of hydrogen-bond acceptors (Lipinski definition) is 4. The first-order valence-corrected chi connectivity index (χ1v) is 9.88. The molecule has 1 atom stereocenters. The minimum atomic E-state index is -3.73. The normalized spacial score (nSPS) is 21.6. The highest BCUT2D eigenvalue weighted by Crippen LogP contribution is 2.31. The van der Waals surface area contributed by atoms with Crippen LogP contribution in [0.25, 0.3) is 0 Å². The number of carboxylic acids is 1. The smallest absolute Gasteiger partial charge is 0.307 e. The molecule has 3 rings (SSSR count). The molecule has 0 aromatic heterocycles. The fourth-order valence-corrected chi connectivity index (χ4v) is 5.15. The molecule has 0 radical (unpaired) electrons. The van der Waals surface area contributed by atoms with Crippen LogP contribution in [0.1, 0.15) is 31.7 Å². The van der Waals surface area contributed by atoms with Crippen molar-refractivity contribution in [3.8, 4) is 0 Å². The summed E-state index contributed by atoms with van der Waals surface area (Å²) in [5.74, 6) is -1.67. The maximum atomic E-state index is 12.9. The lowest BCUT2D eigenvalue weighted by molar-refractivity contribution is -0.142. The van der Waals surface area contributed by atoms with Gasteiger partial charge in [0.2, 0.25) is 15.9 Å². The Morgan fingerprint density at radius 2 is 1.96 bits per heavy atom. The maximum absolute atomic E-state index is 12.9. The standard InChI is InChI=1S/C17H22N2O5S/c1-12(20)19-9-3-4-13-10-15(6-7-16(13)19)25(23,24)18-8-2-5-14(11-18)17(21)22/h6-7,10,14H,2-5,8-9,11H2,1H3,(H,21,22). The highest BCUT2D eigenvalue weighted by Gasteiger charge is 2.34. The van der Waals surface area contributed by atoms with Gasteiger partial charge in [-0.1, -0.05) is 0 Å². The molecule has 0 bridgehead atoms.